The first-order chi connectivity index (χ1) is 10.1. The van der Waals surface area contributed by atoms with Crippen molar-refractivity contribution in [2.75, 3.05) is 7.11 Å². The Kier molecular flexibility index (Phi) is 4.19. The van der Waals surface area contributed by atoms with E-state index in [0.717, 1.165) is 0 Å². The van der Waals surface area contributed by atoms with Crippen molar-refractivity contribution in [3.63, 3.8) is 0 Å². The molecule has 21 heavy (non-hydrogen) atoms. The number of H-pyrrole nitrogens is 1. The van der Waals surface area contributed by atoms with Crippen molar-refractivity contribution in [3.05, 3.63) is 57.5 Å². The van der Waals surface area contributed by atoms with Crippen LogP contribution in [0.15, 0.2) is 35.1 Å². The van der Waals surface area contributed by atoms with E-state index in [4.69, 9.17) is 4.74 Å². The van der Waals surface area contributed by atoms with Gasteiger partial charge in [-0.15, -0.1) is 0 Å². The molecule has 0 fully saturated rings. The normalized spacial score (nSPS) is 9.95. The first-order valence-corrected chi connectivity index (χ1v) is 6.47. The second kappa shape index (κ2) is 6.06. The van der Waals surface area contributed by atoms with Crippen molar-refractivity contribution in [1.29, 1.82) is 5.26 Å². The molecular weight excluding hydrogens is 268 g/mol. The molecule has 1 aromatic heterocycles. The highest BCUT2D eigenvalue weighted by atomic mass is 16.5. The molecule has 0 atom stereocenters. The number of methoxy groups -OCH3 is 1. The van der Waals surface area contributed by atoms with Crippen LogP contribution in [0, 0.1) is 11.3 Å². The van der Waals surface area contributed by atoms with Crippen molar-refractivity contribution in [1.82, 2.24) is 4.98 Å². The van der Waals surface area contributed by atoms with E-state index in [1.807, 2.05) is 19.1 Å². The highest BCUT2D eigenvalue weighted by Gasteiger charge is 2.23. The van der Waals surface area contributed by atoms with Crippen LogP contribution in [0.5, 0.6) is 0 Å². The van der Waals surface area contributed by atoms with Crippen LogP contribution in [-0.2, 0) is 11.2 Å². The number of rotatable bonds is 3. The van der Waals surface area contributed by atoms with Crippen molar-refractivity contribution >= 4 is 5.97 Å². The topological polar surface area (TPSA) is 83.0 Å². The third kappa shape index (κ3) is 2.56. The molecule has 0 radical (unpaired) electrons. The lowest BCUT2D eigenvalue weighted by atomic mass is 9.94. The molecular formula is C16H14N2O3. The Hall–Kier alpha value is -2.87. The molecule has 0 spiro atoms. The number of carbonyl (C=O) groups is 1. The molecule has 0 aliphatic rings. The largest absolute Gasteiger partial charge is 0.465 e. The number of ether oxygens (including phenoxy) is 1. The van der Waals surface area contributed by atoms with Crippen molar-refractivity contribution < 1.29 is 9.53 Å². The zero-order valence-corrected chi connectivity index (χ0v) is 11.8. The van der Waals surface area contributed by atoms with Gasteiger partial charge >= 0.3 is 5.97 Å². The average molecular weight is 282 g/mol. The van der Waals surface area contributed by atoms with E-state index in [2.05, 4.69) is 4.98 Å². The average Bonchev–Trinajstić information content (AvgIpc) is 2.53. The van der Waals surface area contributed by atoms with Crippen molar-refractivity contribution in [2.24, 2.45) is 0 Å². The number of hydrogen-bond donors (Lipinski definition) is 1. The Morgan fingerprint density at radius 1 is 1.33 bits per heavy atom. The molecule has 0 aliphatic heterocycles. The van der Waals surface area contributed by atoms with Crippen LogP contribution < -0.4 is 5.56 Å². The number of hydrogen-bond acceptors (Lipinski definition) is 4. The third-order valence-electron chi connectivity index (χ3n) is 3.21. The molecule has 0 unspecified atom stereocenters. The van der Waals surface area contributed by atoms with Crippen LogP contribution >= 0.6 is 0 Å². The monoisotopic (exact) mass is 282 g/mol. The standard InChI is InChI=1S/C16H14N2O3/c1-3-12-14(16(20)21-2)13(10-7-5-4-6-8-10)11(9-17)15(19)18-12/h4-8H,3H2,1-2H3,(H,18,19). The quantitative estimate of drug-likeness (QED) is 0.875. The second-order valence-corrected chi connectivity index (χ2v) is 4.38. The number of benzene rings is 1. The molecule has 1 heterocycles. The van der Waals surface area contributed by atoms with E-state index < -0.39 is 11.5 Å². The SMILES string of the molecule is CCc1[nH]c(=O)c(C#N)c(-c2ccccc2)c1C(=O)OC. The van der Waals surface area contributed by atoms with Crippen LogP contribution in [0.4, 0.5) is 0 Å². The number of nitrogens with zero attached hydrogens (tertiary/aromatic N) is 1. The summed E-state index contributed by atoms with van der Waals surface area (Å²) < 4.78 is 4.81. The lowest BCUT2D eigenvalue weighted by molar-refractivity contribution is 0.0599. The summed E-state index contributed by atoms with van der Waals surface area (Å²) in [4.78, 5) is 26.8. The van der Waals surface area contributed by atoms with Crippen LogP contribution in [-0.4, -0.2) is 18.1 Å². The fourth-order valence-electron chi connectivity index (χ4n) is 2.24. The Balaban J connectivity index is 2.94. The summed E-state index contributed by atoms with van der Waals surface area (Å²) in [5.74, 6) is -0.571. The molecule has 0 bridgehead atoms. The highest BCUT2D eigenvalue weighted by molar-refractivity contribution is 5.99. The van der Waals surface area contributed by atoms with E-state index in [1.165, 1.54) is 7.11 Å². The van der Waals surface area contributed by atoms with Gasteiger partial charge in [0.15, 0.2) is 0 Å². The Labute approximate surface area is 121 Å². The molecule has 0 saturated carbocycles. The van der Waals surface area contributed by atoms with Gasteiger partial charge in [-0.05, 0) is 12.0 Å². The van der Waals surface area contributed by atoms with E-state index in [0.29, 0.717) is 23.2 Å². The van der Waals surface area contributed by atoms with Gasteiger partial charge in [0, 0.05) is 11.3 Å². The smallest absolute Gasteiger partial charge is 0.340 e. The van der Waals surface area contributed by atoms with Crippen LogP contribution in [0.1, 0.15) is 28.5 Å². The van der Waals surface area contributed by atoms with Gasteiger partial charge in [-0.1, -0.05) is 37.3 Å². The first-order valence-electron chi connectivity index (χ1n) is 6.47. The van der Waals surface area contributed by atoms with Crippen LogP contribution in [0.2, 0.25) is 0 Å². The Morgan fingerprint density at radius 3 is 2.52 bits per heavy atom. The van der Waals surface area contributed by atoms with Crippen LogP contribution in [0.25, 0.3) is 11.1 Å². The predicted molar refractivity (Wildman–Crippen MR) is 77.9 cm³/mol. The summed E-state index contributed by atoms with van der Waals surface area (Å²) in [6.45, 7) is 1.82. The maximum absolute atomic E-state index is 12.1. The number of pyridine rings is 1. The van der Waals surface area contributed by atoms with Gasteiger partial charge in [-0.3, -0.25) is 4.79 Å². The minimum atomic E-state index is -0.571. The van der Waals surface area contributed by atoms with Crippen molar-refractivity contribution in [3.8, 4) is 17.2 Å². The molecule has 1 aromatic carbocycles. The highest BCUT2D eigenvalue weighted by Crippen LogP contribution is 2.28. The van der Waals surface area contributed by atoms with E-state index in [9.17, 15) is 14.9 Å². The zero-order valence-electron chi connectivity index (χ0n) is 11.8. The zero-order chi connectivity index (χ0) is 15.4. The third-order valence-corrected chi connectivity index (χ3v) is 3.21. The van der Waals surface area contributed by atoms with Gasteiger partial charge in [0.25, 0.3) is 5.56 Å². The van der Waals surface area contributed by atoms with E-state index >= 15 is 0 Å². The van der Waals surface area contributed by atoms with E-state index in [1.54, 1.807) is 24.3 Å². The summed E-state index contributed by atoms with van der Waals surface area (Å²) in [6, 6.07) is 10.8. The van der Waals surface area contributed by atoms with Crippen LogP contribution in [0.3, 0.4) is 0 Å². The molecule has 0 aliphatic carbocycles. The number of nitrogens with one attached hydrogen (secondary N) is 1. The fraction of sp³-hybridized carbons (Fsp3) is 0.188. The number of nitriles is 1. The van der Waals surface area contributed by atoms with Gasteiger partial charge in [0.1, 0.15) is 11.6 Å². The molecule has 0 saturated heterocycles. The predicted octanol–water partition coefficient (Wildman–Crippen LogP) is 2.26. The summed E-state index contributed by atoms with van der Waals surface area (Å²) in [7, 11) is 1.27. The van der Waals surface area contributed by atoms with Gasteiger partial charge in [-0.2, -0.15) is 5.26 Å². The summed E-state index contributed by atoms with van der Waals surface area (Å²) in [6.07, 6.45) is 0.450. The van der Waals surface area contributed by atoms with Gasteiger partial charge in [0.05, 0.1) is 12.7 Å². The number of esters is 1. The Bertz CT molecular complexity index is 771. The minimum Gasteiger partial charge on any atom is -0.465 e. The lowest BCUT2D eigenvalue weighted by Crippen LogP contribution is -2.20. The van der Waals surface area contributed by atoms with Gasteiger partial charge in [0.2, 0.25) is 0 Å². The summed E-state index contributed by atoms with van der Waals surface area (Å²) in [5, 5.41) is 9.28. The number of aryl methyl sites for hydroxylation is 1. The summed E-state index contributed by atoms with van der Waals surface area (Å²) in [5.41, 5.74) is 1.08. The molecule has 5 nitrogen and oxygen atoms in total. The summed E-state index contributed by atoms with van der Waals surface area (Å²) >= 11 is 0. The Morgan fingerprint density at radius 2 is 2.00 bits per heavy atom. The number of aromatic nitrogens is 1. The lowest BCUT2D eigenvalue weighted by Gasteiger charge is -2.13. The molecule has 106 valence electrons. The number of aromatic amines is 1. The first kappa shape index (κ1) is 14.5. The van der Waals surface area contributed by atoms with E-state index in [-0.39, 0.29) is 11.1 Å². The van der Waals surface area contributed by atoms with Gasteiger partial charge in [-0.25, -0.2) is 4.79 Å². The molecule has 2 aromatic rings. The second-order valence-electron chi connectivity index (χ2n) is 4.38. The molecule has 2 rings (SSSR count). The number of carbonyl (C=O) groups excluding carboxylic acids is 1. The molecule has 1 N–H and O–H groups in total. The molecule has 5 heteroatoms. The maximum Gasteiger partial charge on any atom is 0.340 e. The van der Waals surface area contributed by atoms with Gasteiger partial charge < -0.3 is 9.72 Å². The van der Waals surface area contributed by atoms with Crippen molar-refractivity contribution in [2.45, 2.75) is 13.3 Å². The molecule has 0 amide bonds. The maximum atomic E-state index is 12.1. The fourth-order valence-corrected chi connectivity index (χ4v) is 2.24. The minimum absolute atomic E-state index is 0.0844.